The van der Waals surface area contributed by atoms with Crippen molar-refractivity contribution in [3.05, 3.63) is 34.9 Å². The predicted molar refractivity (Wildman–Crippen MR) is 102 cm³/mol. The average Bonchev–Trinajstić information content (AvgIpc) is 3.17. The minimum absolute atomic E-state index is 0.308. The van der Waals surface area contributed by atoms with Gasteiger partial charge in [0.05, 0.1) is 12.5 Å². The highest BCUT2D eigenvalue weighted by molar-refractivity contribution is 6.30. The fourth-order valence-corrected chi connectivity index (χ4v) is 5.46. The number of amides is 1. The Morgan fingerprint density at radius 2 is 1.68 bits per heavy atom. The summed E-state index contributed by atoms with van der Waals surface area (Å²) in [6.45, 7) is 3.40. The molecule has 136 valence electrons. The fraction of sp³-hybridized carbons (Fsp3) is 0.667. The van der Waals surface area contributed by atoms with Crippen LogP contribution in [0, 0.1) is 5.92 Å². The number of hydrogen-bond acceptors (Lipinski definition) is 2. The fourth-order valence-electron chi connectivity index (χ4n) is 5.34. The number of nitrogens with zero attached hydrogens (tertiary/aromatic N) is 2. The molecule has 1 amide bonds. The molecule has 2 aliphatic heterocycles. The quantitative estimate of drug-likeness (QED) is 0.808. The van der Waals surface area contributed by atoms with E-state index >= 15 is 0 Å². The van der Waals surface area contributed by atoms with Crippen LogP contribution in [0.3, 0.4) is 0 Å². The number of likely N-dealkylation sites (tertiary alicyclic amines) is 2. The molecule has 3 fully saturated rings. The second kappa shape index (κ2) is 7.67. The topological polar surface area (TPSA) is 23.6 Å². The maximum Gasteiger partial charge on any atom is 0.227 e. The first-order valence-corrected chi connectivity index (χ1v) is 10.4. The molecule has 3 aliphatic rings. The SMILES string of the molecule is O=C(Cc1ccc(Cl)cc1)N1CCCC2CCCC(N3CCCC3)C21. The predicted octanol–water partition coefficient (Wildman–Crippen LogP) is 4.14. The zero-order chi connectivity index (χ0) is 17.2. The Bertz CT molecular complexity index is 594. The lowest BCUT2D eigenvalue weighted by Gasteiger charge is -2.51. The van der Waals surface area contributed by atoms with Gasteiger partial charge in [-0.1, -0.05) is 30.2 Å². The smallest absolute Gasteiger partial charge is 0.227 e. The van der Waals surface area contributed by atoms with Crippen LogP contribution in [0.1, 0.15) is 50.5 Å². The summed E-state index contributed by atoms with van der Waals surface area (Å²) in [5.74, 6) is 1.02. The van der Waals surface area contributed by atoms with Crippen LogP contribution in [-0.2, 0) is 11.2 Å². The third-order valence-corrected chi connectivity index (χ3v) is 6.74. The number of halogens is 1. The van der Waals surface area contributed by atoms with Crippen molar-refractivity contribution in [2.24, 2.45) is 5.92 Å². The molecule has 3 atom stereocenters. The summed E-state index contributed by atoms with van der Waals surface area (Å²) >= 11 is 5.98. The van der Waals surface area contributed by atoms with Gasteiger partial charge in [-0.2, -0.15) is 0 Å². The van der Waals surface area contributed by atoms with Gasteiger partial charge in [0.15, 0.2) is 0 Å². The summed E-state index contributed by atoms with van der Waals surface area (Å²) in [5.41, 5.74) is 1.07. The molecule has 3 nitrogen and oxygen atoms in total. The third-order valence-electron chi connectivity index (χ3n) is 6.48. The van der Waals surface area contributed by atoms with Crippen LogP contribution < -0.4 is 0 Å². The number of hydrogen-bond donors (Lipinski definition) is 0. The molecule has 4 heteroatoms. The van der Waals surface area contributed by atoms with Gasteiger partial charge in [-0.25, -0.2) is 0 Å². The monoisotopic (exact) mass is 360 g/mol. The molecule has 2 saturated heterocycles. The van der Waals surface area contributed by atoms with Gasteiger partial charge in [-0.3, -0.25) is 9.69 Å². The first kappa shape index (κ1) is 17.4. The van der Waals surface area contributed by atoms with E-state index in [2.05, 4.69) is 9.80 Å². The maximum absolute atomic E-state index is 13.1. The van der Waals surface area contributed by atoms with Crippen LogP contribution in [0.5, 0.6) is 0 Å². The van der Waals surface area contributed by atoms with Crippen LogP contribution in [0.2, 0.25) is 5.02 Å². The number of carbonyl (C=O) groups is 1. The van der Waals surface area contributed by atoms with Gasteiger partial charge in [0, 0.05) is 17.6 Å². The van der Waals surface area contributed by atoms with Crippen molar-refractivity contribution >= 4 is 17.5 Å². The van der Waals surface area contributed by atoms with Crippen molar-refractivity contribution < 1.29 is 4.79 Å². The van der Waals surface area contributed by atoms with E-state index in [0.717, 1.165) is 17.1 Å². The first-order chi connectivity index (χ1) is 12.2. The standard InChI is InChI=1S/C21H29ClN2O/c22-18-10-8-16(9-11-18)15-20(25)24-14-4-6-17-5-3-7-19(21(17)24)23-12-1-2-13-23/h8-11,17,19,21H,1-7,12-15H2. The van der Waals surface area contributed by atoms with Crippen molar-refractivity contribution in [1.82, 2.24) is 9.80 Å². The summed E-state index contributed by atoms with van der Waals surface area (Å²) in [7, 11) is 0. The molecular weight excluding hydrogens is 332 g/mol. The molecule has 0 bridgehead atoms. The lowest BCUT2D eigenvalue weighted by atomic mass is 9.74. The van der Waals surface area contributed by atoms with Crippen molar-refractivity contribution in [2.45, 2.75) is 63.5 Å². The second-order valence-electron chi connectivity index (χ2n) is 8.02. The van der Waals surface area contributed by atoms with E-state index in [9.17, 15) is 4.79 Å². The van der Waals surface area contributed by atoms with E-state index in [0.29, 0.717) is 30.3 Å². The molecule has 0 radical (unpaired) electrons. The maximum atomic E-state index is 13.1. The van der Waals surface area contributed by atoms with Gasteiger partial charge in [0.1, 0.15) is 0 Å². The molecule has 2 heterocycles. The average molecular weight is 361 g/mol. The highest BCUT2D eigenvalue weighted by Gasteiger charge is 2.43. The molecule has 1 aliphatic carbocycles. The number of benzene rings is 1. The van der Waals surface area contributed by atoms with Gasteiger partial charge < -0.3 is 4.90 Å². The van der Waals surface area contributed by atoms with E-state index in [1.54, 1.807) is 0 Å². The van der Waals surface area contributed by atoms with Crippen LogP contribution in [0.15, 0.2) is 24.3 Å². The van der Waals surface area contributed by atoms with Crippen molar-refractivity contribution in [3.63, 3.8) is 0 Å². The molecule has 3 unspecified atom stereocenters. The molecule has 1 aromatic carbocycles. The van der Waals surface area contributed by atoms with Crippen molar-refractivity contribution in [1.29, 1.82) is 0 Å². The normalized spacial score (nSPS) is 30.3. The van der Waals surface area contributed by atoms with Crippen LogP contribution in [0.25, 0.3) is 0 Å². The first-order valence-electron chi connectivity index (χ1n) is 10.0. The largest absolute Gasteiger partial charge is 0.338 e. The number of piperidine rings is 1. The van der Waals surface area contributed by atoms with Gasteiger partial charge in [-0.05, 0) is 75.2 Å². The Kier molecular flexibility index (Phi) is 5.33. The number of rotatable bonds is 3. The van der Waals surface area contributed by atoms with Gasteiger partial charge >= 0.3 is 0 Å². The van der Waals surface area contributed by atoms with Gasteiger partial charge in [-0.15, -0.1) is 0 Å². The molecule has 1 aromatic rings. The van der Waals surface area contributed by atoms with Gasteiger partial charge in [0.25, 0.3) is 0 Å². The lowest BCUT2D eigenvalue weighted by molar-refractivity contribution is -0.139. The highest BCUT2D eigenvalue weighted by atomic mass is 35.5. The molecule has 1 saturated carbocycles. The molecular formula is C21H29ClN2O. The number of carbonyl (C=O) groups excluding carboxylic acids is 1. The second-order valence-corrected chi connectivity index (χ2v) is 8.46. The Balaban J connectivity index is 1.51. The summed E-state index contributed by atoms with van der Waals surface area (Å²) in [5, 5.41) is 0.732. The van der Waals surface area contributed by atoms with E-state index in [4.69, 9.17) is 11.6 Å². The lowest BCUT2D eigenvalue weighted by Crippen LogP contribution is -2.60. The molecule has 0 aromatic heterocycles. The minimum atomic E-state index is 0.308. The summed E-state index contributed by atoms with van der Waals surface area (Å²) in [6, 6.07) is 8.78. The highest BCUT2D eigenvalue weighted by Crippen LogP contribution is 2.39. The van der Waals surface area contributed by atoms with Crippen molar-refractivity contribution in [2.75, 3.05) is 19.6 Å². The van der Waals surface area contributed by atoms with Crippen LogP contribution in [0.4, 0.5) is 0 Å². The zero-order valence-corrected chi connectivity index (χ0v) is 15.8. The third kappa shape index (κ3) is 3.73. The van der Waals surface area contributed by atoms with Crippen LogP contribution in [-0.4, -0.2) is 47.4 Å². The van der Waals surface area contributed by atoms with Gasteiger partial charge in [0.2, 0.25) is 5.91 Å². The molecule has 0 N–H and O–H groups in total. The van der Waals surface area contributed by atoms with E-state index in [1.807, 2.05) is 24.3 Å². The Morgan fingerprint density at radius 1 is 0.960 bits per heavy atom. The molecule has 0 spiro atoms. The zero-order valence-electron chi connectivity index (χ0n) is 15.0. The van der Waals surface area contributed by atoms with E-state index in [1.165, 1.54) is 58.0 Å². The summed E-state index contributed by atoms with van der Waals surface area (Å²) in [6.07, 6.45) is 9.54. The Labute approximate surface area is 156 Å². The van der Waals surface area contributed by atoms with Crippen molar-refractivity contribution in [3.8, 4) is 0 Å². The Hall–Kier alpha value is -1.06. The molecule has 25 heavy (non-hydrogen) atoms. The van der Waals surface area contributed by atoms with E-state index < -0.39 is 0 Å². The molecule has 4 rings (SSSR count). The van der Waals surface area contributed by atoms with Crippen LogP contribution >= 0.6 is 11.6 Å². The summed E-state index contributed by atoms with van der Waals surface area (Å²) in [4.78, 5) is 18.1. The minimum Gasteiger partial charge on any atom is -0.338 e. The Morgan fingerprint density at radius 3 is 2.44 bits per heavy atom. The number of fused-ring (bicyclic) bond motifs is 1. The van der Waals surface area contributed by atoms with E-state index in [-0.39, 0.29) is 0 Å². The summed E-state index contributed by atoms with van der Waals surface area (Å²) < 4.78 is 0.